The Morgan fingerprint density at radius 1 is 1.47 bits per heavy atom. The van der Waals surface area contributed by atoms with E-state index < -0.39 is 12.0 Å². The van der Waals surface area contributed by atoms with Crippen LogP contribution in [0.4, 0.5) is 0 Å². The van der Waals surface area contributed by atoms with Crippen LogP contribution in [0.15, 0.2) is 30.3 Å². The van der Waals surface area contributed by atoms with Crippen molar-refractivity contribution in [1.82, 2.24) is 5.32 Å². The van der Waals surface area contributed by atoms with Crippen LogP contribution in [0.25, 0.3) is 0 Å². The molecule has 1 aromatic carbocycles. The Hall–Kier alpha value is -1.39. The molecule has 2 rings (SSSR count). The maximum atomic E-state index is 11.4. The molecule has 0 spiro atoms. The number of ether oxygens (including phenoxy) is 1. The normalized spacial score (nSPS) is 22.1. The summed E-state index contributed by atoms with van der Waals surface area (Å²) in [5.41, 5.74) is 1.04. The van der Waals surface area contributed by atoms with E-state index in [-0.39, 0.29) is 12.0 Å². The number of hydrogen-bond acceptors (Lipinski definition) is 3. The van der Waals surface area contributed by atoms with Gasteiger partial charge in [0.1, 0.15) is 6.04 Å². The van der Waals surface area contributed by atoms with Crippen LogP contribution in [0.3, 0.4) is 0 Å². The van der Waals surface area contributed by atoms with Crippen molar-refractivity contribution >= 4 is 5.97 Å². The molecule has 4 nitrogen and oxygen atoms in total. The largest absolute Gasteiger partial charge is 0.480 e. The summed E-state index contributed by atoms with van der Waals surface area (Å²) in [6.07, 6.45) is 2.24. The van der Waals surface area contributed by atoms with Gasteiger partial charge in [-0.1, -0.05) is 37.3 Å². The van der Waals surface area contributed by atoms with E-state index in [0.29, 0.717) is 6.54 Å². The summed E-state index contributed by atoms with van der Waals surface area (Å²) in [6.45, 7) is 3.34. The summed E-state index contributed by atoms with van der Waals surface area (Å²) in [7, 11) is 0. The van der Waals surface area contributed by atoms with Crippen molar-refractivity contribution < 1.29 is 14.6 Å². The molecule has 3 unspecified atom stereocenters. The Kier molecular flexibility index (Phi) is 4.93. The van der Waals surface area contributed by atoms with Gasteiger partial charge in [-0.05, 0) is 18.4 Å². The van der Waals surface area contributed by atoms with Gasteiger partial charge in [0, 0.05) is 19.1 Å². The highest BCUT2D eigenvalue weighted by molar-refractivity contribution is 5.75. The zero-order chi connectivity index (χ0) is 13.7. The predicted octanol–water partition coefficient (Wildman–Crippen LogP) is 2.01. The first-order chi connectivity index (χ1) is 9.18. The SMILES string of the molecule is CC(c1ccccc1)C(NCC1CCCO1)C(=O)O. The Balaban J connectivity index is 1.96. The van der Waals surface area contributed by atoms with E-state index in [2.05, 4.69) is 5.32 Å². The topological polar surface area (TPSA) is 58.6 Å². The molecule has 0 saturated carbocycles. The number of carbonyl (C=O) groups is 1. The van der Waals surface area contributed by atoms with E-state index in [4.69, 9.17) is 4.74 Å². The lowest BCUT2D eigenvalue weighted by molar-refractivity contribution is -0.140. The van der Waals surface area contributed by atoms with E-state index in [1.807, 2.05) is 37.3 Å². The molecule has 3 atom stereocenters. The molecule has 1 heterocycles. The molecule has 0 radical (unpaired) electrons. The number of rotatable bonds is 6. The summed E-state index contributed by atoms with van der Waals surface area (Å²) >= 11 is 0. The first kappa shape index (κ1) is 14.0. The van der Waals surface area contributed by atoms with Crippen LogP contribution in [0.2, 0.25) is 0 Å². The number of aliphatic carboxylic acids is 1. The lowest BCUT2D eigenvalue weighted by atomic mass is 9.93. The molecule has 19 heavy (non-hydrogen) atoms. The Bertz CT molecular complexity index is 401. The zero-order valence-electron chi connectivity index (χ0n) is 11.2. The second-order valence-electron chi connectivity index (χ2n) is 5.06. The fourth-order valence-corrected chi connectivity index (χ4v) is 2.49. The van der Waals surface area contributed by atoms with Gasteiger partial charge in [0.2, 0.25) is 0 Å². The smallest absolute Gasteiger partial charge is 0.321 e. The van der Waals surface area contributed by atoms with Gasteiger partial charge >= 0.3 is 5.97 Å². The fraction of sp³-hybridized carbons (Fsp3) is 0.533. The van der Waals surface area contributed by atoms with Crippen LogP contribution < -0.4 is 5.32 Å². The highest BCUT2D eigenvalue weighted by atomic mass is 16.5. The van der Waals surface area contributed by atoms with Gasteiger partial charge in [0.25, 0.3) is 0 Å². The van der Waals surface area contributed by atoms with Crippen LogP contribution >= 0.6 is 0 Å². The summed E-state index contributed by atoms with van der Waals surface area (Å²) in [5.74, 6) is -0.880. The summed E-state index contributed by atoms with van der Waals surface area (Å²) in [5, 5.41) is 12.5. The highest BCUT2D eigenvalue weighted by Gasteiger charge is 2.27. The third-order valence-corrected chi connectivity index (χ3v) is 3.68. The molecule has 1 aromatic rings. The van der Waals surface area contributed by atoms with Crippen molar-refractivity contribution in [1.29, 1.82) is 0 Å². The van der Waals surface area contributed by atoms with Crippen LogP contribution in [-0.4, -0.2) is 36.4 Å². The van der Waals surface area contributed by atoms with Crippen molar-refractivity contribution in [2.75, 3.05) is 13.2 Å². The number of benzene rings is 1. The molecular weight excluding hydrogens is 242 g/mol. The zero-order valence-corrected chi connectivity index (χ0v) is 11.2. The van der Waals surface area contributed by atoms with Crippen molar-refractivity contribution in [3.8, 4) is 0 Å². The van der Waals surface area contributed by atoms with Gasteiger partial charge in [0.05, 0.1) is 6.10 Å². The Labute approximate surface area is 113 Å². The van der Waals surface area contributed by atoms with Crippen LogP contribution in [0, 0.1) is 0 Å². The molecule has 0 bridgehead atoms. The van der Waals surface area contributed by atoms with Crippen LogP contribution in [-0.2, 0) is 9.53 Å². The maximum absolute atomic E-state index is 11.4. The van der Waals surface area contributed by atoms with Gasteiger partial charge in [-0.15, -0.1) is 0 Å². The lowest BCUT2D eigenvalue weighted by Crippen LogP contribution is -2.44. The van der Waals surface area contributed by atoms with E-state index >= 15 is 0 Å². The first-order valence-electron chi connectivity index (χ1n) is 6.81. The summed E-state index contributed by atoms with van der Waals surface area (Å²) in [6, 6.07) is 9.16. The third-order valence-electron chi connectivity index (χ3n) is 3.68. The van der Waals surface area contributed by atoms with Crippen molar-refractivity contribution in [3.63, 3.8) is 0 Å². The highest BCUT2D eigenvalue weighted by Crippen LogP contribution is 2.20. The Morgan fingerprint density at radius 3 is 2.79 bits per heavy atom. The lowest BCUT2D eigenvalue weighted by Gasteiger charge is -2.23. The third kappa shape index (κ3) is 3.78. The molecule has 2 N–H and O–H groups in total. The quantitative estimate of drug-likeness (QED) is 0.824. The van der Waals surface area contributed by atoms with Gasteiger partial charge in [0.15, 0.2) is 0 Å². The number of carboxylic acids is 1. The molecule has 1 fully saturated rings. The summed E-state index contributed by atoms with van der Waals surface area (Å²) in [4.78, 5) is 11.4. The average Bonchev–Trinajstić information content (AvgIpc) is 2.92. The monoisotopic (exact) mass is 263 g/mol. The second-order valence-corrected chi connectivity index (χ2v) is 5.06. The van der Waals surface area contributed by atoms with Gasteiger partial charge in [-0.2, -0.15) is 0 Å². The van der Waals surface area contributed by atoms with Crippen LogP contribution in [0.5, 0.6) is 0 Å². The molecular formula is C15H21NO3. The van der Waals surface area contributed by atoms with E-state index in [0.717, 1.165) is 25.0 Å². The molecule has 1 saturated heterocycles. The van der Waals surface area contributed by atoms with E-state index in [9.17, 15) is 9.90 Å². The minimum absolute atomic E-state index is 0.0693. The molecule has 0 aliphatic carbocycles. The molecule has 104 valence electrons. The minimum atomic E-state index is -0.811. The van der Waals surface area contributed by atoms with Crippen molar-refractivity contribution in [2.45, 2.75) is 37.8 Å². The molecule has 4 heteroatoms. The number of hydrogen-bond donors (Lipinski definition) is 2. The van der Waals surface area contributed by atoms with Crippen LogP contribution in [0.1, 0.15) is 31.2 Å². The standard InChI is InChI=1S/C15H21NO3/c1-11(12-6-3-2-4-7-12)14(15(17)18)16-10-13-8-5-9-19-13/h2-4,6-7,11,13-14,16H,5,8-10H2,1H3,(H,17,18). The fourth-order valence-electron chi connectivity index (χ4n) is 2.49. The minimum Gasteiger partial charge on any atom is -0.480 e. The second kappa shape index (κ2) is 6.68. The number of carboxylic acid groups (broad SMARTS) is 1. The Morgan fingerprint density at radius 2 is 2.21 bits per heavy atom. The first-order valence-corrected chi connectivity index (χ1v) is 6.81. The molecule has 0 amide bonds. The van der Waals surface area contributed by atoms with Gasteiger partial charge in [-0.25, -0.2) is 0 Å². The van der Waals surface area contributed by atoms with E-state index in [1.165, 1.54) is 0 Å². The van der Waals surface area contributed by atoms with Gasteiger partial charge < -0.3 is 15.2 Å². The van der Waals surface area contributed by atoms with Crippen molar-refractivity contribution in [2.24, 2.45) is 0 Å². The summed E-state index contributed by atoms with van der Waals surface area (Å²) < 4.78 is 5.51. The molecule has 0 aromatic heterocycles. The molecule has 1 aliphatic rings. The average molecular weight is 263 g/mol. The predicted molar refractivity (Wildman–Crippen MR) is 73.3 cm³/mol. The maximum Gasteiger partial charge on any atom is 0.321 e. The van der Waals surface area contributed by atoms with E-state index in [1.54, 1.807) is 0 Å². The molecule has 1 aliphatic heterocycles. The number of nitrogens with one attached hydrogen (secondary N) is 1. The van der Waals surface area contributed by atoms with Gasteiger partial charge in [-0.3, -0.25) is 4.79 Å². The van der Waals surface area contributed by atoms with Crippen molar-refractivity contribution in [3.05, 3.63) is 35.9 Å².